The van der Waals surface area contributed by atoms with E-state index in [1.807, 2.05) is 23.1 Å². The smallest absolute Gasteiger partial charge is 0.408 e. The predicted molar refractivity (Wildman–Crippen MR) is 216 cm³/mol. The Morgan fingerprint density at radius 1 is 0.983 bits per heavy atom. The van der Waals surface area contributed by atoms with Gasteiger partial charge >= 0.3 is 12.1 Å². The predicted octanol–water partition coefficient (Wildman–Crippen LogP) is 5.19. The van der Waals surface area contributed by atoms with E-state index >= 15 is 0 Å². The summed E-state index contributed by atoms with van der Waals surface area (Å²) in [4.78, 5) is 73.6. The lowest BCUT2D eigenvalue weighted by atomic mass is 9.84. The van der Waals surface area contributed by atoms with Gasteiger partial charge in [-0.15, -0.1) is 0 Å². The lowest BCUT2D eigenvalue weighted by molar-refractivity contribution is -0.157. The zero-order chi connectivity index (χ0) is 42.4. The molecule has 314 valence electrons. The number of fused-ring (bicyclic) bond motifs is 1. The van der Waals surface area contributed by atoms with Crippen molar-refractivity contribution in [2.75, 3.05) is 32.7 Å². The summed E-state index contributed by atoms with van der Waals surface area (Å²) in [6.07, 6.45) is 2.94. The molecule has 3 aliphatic heterocycles. The molecule has 0 bridgehead atoms. The van der Waals surface area contributed by atoms with Crippen molar-refractivity contribution >= 4 is 52.7 Å². The fourth-order valence-electron chi connectivity index (χ4n) is 7.23. The maximum absolute atomic E-state index is 14.7. The third-order valence-corrected chi connectivity index (χ3v) is 10.1. The molecule has 4 amide bonds. The van der Waals surface area contributed by atoms with Gasteiger partial charge in [0, 0.05) is 38.2 Å². The molecule has 3 aliphatic rings. The minimum Gasteiger partial charge on any atom is -0.458 e. The topological polar surface area (TPSA) is 182 Å². The summed E-state index contributed by atoms with van der Waals surface area (Å²) in [5.41, 5.74) is 8.52. The quantitative estimate of drug-likeness (QED) is 0.181. The van der Waals surface area contributed by atoms with Crippen LogP contribution < -0.4 is 16.4 Å². The van der Waals surface area contributed by atoms with Crippen LogP contribution in [0.25, 0.3) is 5.57 Å². The van der Waals surface area contributed by atoms with E-state index in [-0.39, 0.29) is 41.7 Å². The average molecular weight is 825 g/mol. The number of rotatable bonds is 13. The second-order valence-corrected chi connectivity index (χ2v) is 17.1. The van der Waals surface area contributed by atoms with Gasteiger partial charge < -0.3 is 35.6 Å². The van der Waals surface area contributed by atoms with Gasteiger partial charge in [-0.3, -0.25) is 19.3 Å². The normalized spacial score (nSPS) is 18.9. The van der Waals surface area contributed by atoms with E-state index in [1.54, 1.807) is 47.6 Å². The van der Waals surface area contributed by atoms with Crippen LogP contribution in [0.15, 0.2) is 47.6 Å². The molecule has 0 saturated heterocycles. The third-order valence-electron chi connectivity index (χ3n) is 9.81. The summed E-state index contributed by atoms with van der Waals surface area (Å²) in [5.74, 6) is -2.47. The number of unbranched alkanes of at least 4 members (excludes halogenated alkanes) is 1. The van der Waals surface area contributed by atoms with Gasteiger partial charge in [0.1, 0.15) is 23.3 Å². The molecule has 0 radical (unpaired) electrons. The summed E-state index contributed by atoms with van der Waals surface area (Å²) < 4.78 is 25.5. The van der Waals surface area contributed by atoms with Gasteiger partial charge in [0.25, 0.3) is 5.91 Å². The highest BCUT2D eigenvalue weighted by molar-refractivity contribution is 6.31. The van der Waals surface area contributed by atoms with Crippen LogP contribution in [0.1, 0.15) is 102 Å². The number of carbonyl (C=O) groups is 5. The van der Waals surface area contributed by atoms with Gasteiger partial charge in [0.2, 0.25) is 17.9 Å². The van der Waals surface area contributed by atoms with Crippen molar-refractivity contribution < 1.29 is 42.7 Å². The first-order chi connectivity index (χ1) is 27.3. The second-order valence-electron chi connectivity index (χ2n) is 16.7. The summed E-state index contributed by atoms with van der Waals surface area (Å²) >= 11 is 5.94. The molecule has 1 unspecified atom stereocenters. The average Bonchev–Trinajstić information content (AvgIpc) is 3.63. The zero-order valence-corrected chi connectivity index (χ0v) is 34.7. The first-order valence-corrected chi connectivity index (χ1v) is 20.0. The molecule has 4 N–H and O–H groups in total. The van der Waals surface area contributed by atoms with E-state index in [0.717, 1.165) is 16.7 Å². The fraction of sp³-hybridized carbons (Fsp3) is 0.524. The summed E-state index contributed by atoms with van der Waals surface area (Å²) in [5, 5.41) is 9.47. The number of esters is 1. The number of amides is 4. The summed E-state index contributed by atoms with van der Waals surface area (Å²) in [6.45, 7) is 12.5. The number of benzene rings is 2. The molecular weight excluding hydrogens is 771 g/mol. The molecule has 0 fully saturated rings. The van der Waals surface area contributed by atoms with E-state index in [1.165, 1.54) is 17.0 Å². The molecule has 58 heavy (non-hydrogen) atoms. The number of alkyl carbamates (subject to hydrolysis) is 1. The Balaban J connectivity index is 1.12. The standard InChI is InChI=1S/C42H54ClFN6O8/c1-41(2,3)56-39(54)31(47-40(55)57-42(4,5)6)15-7-8-19-46-34(51)24-49-20-16-25(17-21-49)26-11-9-12-28-27(26)18-22-50(36(28)37(45)52)38(53)33-23-32(48-58-33)29-13-10-14-30(43)35(29)44/h9-14,16,31,33,36H,7-8,15,17-24H2,1-6H3,(H2,45,52)(H,46,51)(H,47,55)/t31?,33-,36+/m1/s1. The minimum absolute atomic E-state index is 0.0117. The van der Waals surface area contributed by atoms with Gasteiger partial charge in [-0.1, -0.05) is 47.1 Å². The van der Waals surface area contributed by atoms with Crippen LogP contribution in [0.3, 0.4) is 0 Å². The van der Waals surface area contributed by atoms with E-state index in [0.29, 0.717) is 57.3 Å². The van der Waals surface area contributed by atoms with Crippen LogP contribution in [-0.2, 0) is 39.9 Å². The lowest BCUT2D eigenvalue weighted by Gasteiger charge is -2.37. The van der Waals surface area contributed by atoms with Gasteiger partial charge in [-0.2, -0.15) is 0 Å². The van der Waals surface area contributed by atoms with Crippen LogP contribution in [-0.4, -0.2) is 101 Å². The van der Waals surface area contributed by atoms with Crippen LogP contribution in [0.5, 0.6) is 0 Å². The van der Waals surface area contributed by atoms with Gasteiger partial charge in [0.15, 0.2) is 5.82 Å². The molecule has 16 heteroatoms. The van der Waals surface area contributed by atoms with Gasteiger partial charge in [-0.25, -0.2) is 14.0 Å². The maximum Gasteiger partial charge on any atom is 0.408 e. The number of nitrogens with one attached hydrogen (secondary N) is 2. The summed E-state index contributed by atoms with van der Waals surface area (Å²) in [7, 11) is 0. The first-order valence-electron chi connectivity index (χ1n) is 19.6. The van der Waals surface area contributed by atoms with Crippen molar-refractivity contribution in [1.82, 2.24) is 20.4 Å². The van der Waals surface area contributed by atoms with Crippen molar-refractivity contribution in [2.24, 2.45) is 10.9 Å². The molecule has 5 rings (SSSR count). The molecule has 0 aliphatic carbocycles. The Morgan fingerprint density at radius 2 is 1.69 bits per heavy atom. The number of hydrogen-bond donors (Lipinski definition) is 3. The lowest BCUT2D eigenvalue weighted by Crippen LogP contribution is -2.49. The molecule has 0 aromatic heterocycles. The molecule has 0 saturated carbocycles. The van der Waals surface area contributed by atoms with E-state index in [2.05, 4.69) is 21.9 Å². The van der Waals surface area contributed by atoms with Crippen molar-refractivity contribution in [2.45, 2.75) is 109 Å². The number of nitrogens with two attached hydrogens (primary N) is 1. The highest BCUT2D eigenvalue weighted by Gasteiger charge is 2.41. The fourth-order valence-corrected chi connectivity index (χ4v) is 7.40. The number of nitrogens with zero attached hydrogens (tertiary/aromatic N) is 3. The van der Waals surface area contributed by atoms with Gasteiger partial charge in [-0.05, 0) is 108 Å². The number of carbonyl (C=O) groups excluding carboxylic acids is 5. The van der Waals surface area contributed by atoms with Crippen molar-refractivity contribution in [3.8, 4) is 0 Å². The molecule has 3 heterocycles. The molecular formula is C42H54ClFN6O8. The van der Waals surface area contributed by atoms with Crippen molar-refractivity contribution in [1.29, 1.82) is 0 Å². The maximum atomic E-state index is 14.7. The number of oxime groups is 1. The molecule has 2 aromatic carbocycles. The molecule has 2 aromatic rings. The highest BCUT2D eigenvalue weighted by atomic mass is 35.5. The Morgan fingerprint density at radius 3 is 2.36 bits per heavy atom. The Kier molecular flexibility index (Phi) is 14.2. The van der Waals surface area contributed by atoms with Crippen LogP contribution in [0, 0.1) is 5.82 Å². The Labute approximate surface area is 343 Å². The van der Waals surface area contributed by atoms with Gasteiger partial charge in [0.05, 0.1) is 17.3 Å². The highest BCUT2D eigenvalue weighted by Crippen LogP contribution is 2.37. The number of hydrogen-bond acceptors (Lipinski definition) is 10. The Hall–Kier alpha value is -5.02. The summed E-state index contributed by atoms with van der Waals surface area (Å²) in [6, 6.07) is 8.26. The number of ether oxygens (including phenoxy) is 2. The minimum atomic E-state index is -1.05. The van der Waals surface area contributed by atoms with Crippen LogP contribution >= 0.6 is 11.6 Å². The zero-order valence-electron chi connectivity index (χ0n) is 34.0. The second kappa shape index (κ2) is 18.7. The Bertz CT molecular complexity index is 1960. The van der Waals surface area contributed by atoms with Crippen molar-refractivity contribution in [3.63, 3.8) is 0 Å². The van der Waals surface area contributed by atoms with Crippen LogP contribution in [0.2, 0.25) is 5.02 Å². The SMILES string of the molecule is CC(C)(C)OC(=O)NC(CCCCNC(=O)CN1CC=C(c2cccc3c2CCN(C(=O)[C@H]2CC(c4cccc(Cl)c4F)=NO2)[C@@H]3C(N)=O)CC1)C(=O)OC(C)(C)C. The number of halogens is 2. The largest absolute Gasteiger partial charge is 0.458 e. The van der Waals surface area contributed by atoms with Crippen molar-refractivity contribution in [3.05, 3.63) is 75.6 Å². The van der Waals surface area contributed by atoms with E-state index < -0.39 is 59.1 Å². The first kappa shape index (κ1) is 44.1. The van der Waals surface area contributed by atoms with Crippen LogP contribution in [0.4, 0.5) is 9.18 Å². The molecule has 3 atom stereocenters. The van der Waals surface area contributed by atoms with E-state index in [4.69, 9.17) is 31.6 Å². The molecule has 14 nitrogen and oxygen atoms in total. The third kappa shape index (κ3) is 11.6. The van der Waals surface area contributed by atoms with E-state index in [9.17, 15) is 28.4 Å². The number of primary amides is 1. The monoisotopic (exact) mass is 824 g/mol. The molecule has 0 spiro atoms.